The number of methoxy groups -OCH3 is 2. The van der Waals surface area contributed by atoms with Gasteiger partial charge < -0.3 is 9.47 Å². The van der Waals surface area contributed by atoms with Gasteiger partial charge in [-0.15, -0.1) is 0 Å². The molecule has 0 radical (unpaired) electrons. The van der Waals surface area contributed by atoms with Crippen LogP contribution in [0.15, 0.2) is 70.3 Å². The number of rotatable bonds is 7. The largest absolute Gasteiger partial charge is 0.493 e. The topological polar surface area (TPSA) is 94.0 Å². The molecule has 0 atom stereocenters. The summed E-state index contributed by atoms with van der Waals surface area (Å²) in [5.41, 5.74) is 2.55. The predicted molar refractivity (Wildman–Crippen MR) is 158 cm³/mol. The number of ether oxygens (including phenoxy) is 2. The number of para-hydroxylation sites is 2. The molecule has 0 saturated carbocycles. The van der Waals surface area contributed by atoms with E-state index in [0.717, 1.165) is 0 Å². The van der Waals surface area contributed by atoms with Crippen molar-refractivity contribution in [2.24, 2.45) is 0 Å². The molecule has 0 bridgehead atoms. The molecule has 0 aliphatic heterocycles. The molecule has 40 heavy (non-hydrogen) atoms. The molecule has 3 aromatic carbocycles. The Labute approximate surface area is 244 Å². The Morgan fingerprint density at radius 2 is 1.18 bits per heavy atom. The van der Waals surface area contributed by atoms with Gasteiger partial charge in [0.15, 0.2) is 11.5 Å². The smallest absolute Gasteiger partial charge is 0.275 e. The maximum absolute atomic E-state index is 14.1. The number of aromatic amines is 2. The highest BCUT2D eigenvalue weighted by molar-refractivity contribution is 6.33. The fourth-order valence-corrected chi connectivity index (χ4v) is 5.72. The van der Waals surface area contributed by atoms with Crippen LogP contribution < -0.4 is 20.6 Å². The van der Waals surface area contributed by atoms with Crippen LogP contribution in [0, 0.1) is 13.8 Å². The number of H-pyrrole nitrogens is 2. The van der Waals surface area contributed by atoms with E-state index in [1.807, 2.05) is 0 Å². The number of aryl methyl sites for hydroxylation is 2. The third-order valence-corrected chi connectivity index (χ3v) is 7.71. The molecular formula is C29H25Cl3N4O4. The lowest BCUT2D eigenvalue weighted by Crippen LogP contribution is -2.25. The predicted octanol–water partition coefficient (Wildman–Crippen LogP) is 6.42. The first-order valence-corrected chi connectivity index (χ1v) is 13.4. The molecule has 0 amide bonds. The molecule has 8 nitrogen and oxygen atoms in total. The lowest BCUT2D eigenvalue weighted by atomic mass is 9.85. The van der Waals surface area contributed by atoms with Crippen molar-refractivity contribution in [3.8, 4) is 22.9 Å². The van der Waals surface area contributed by atoms with E-state index in [1.165, 1.54) is 23.6 Å². The number of hydrogen-bond acceptors (Lipinski definition) is 4. The summed E-state index contributed by atoms with van der Waals surface area (Å²) in [5, 5.41) is 7.31. The summed E-state index contributed by atoms with van der Waals surface area (Å²) in [6, 6.07) is 17.4. The van der Waals surface area contributed by atoms with Gasteiger partial charge in [-0.1, -0.05) is 59.1 Å². The number of hydrogen-bond donors (Lipinski definition) is 2. The summed E-state index contributed by atoms with van der Waals surface area (Å²) in [6.07, 6.45) is 0. The van der Waals surface area contributed by atoms with E-state index in [-0.39, 0.29) is 16.1 Å². The van der Waals surface area contributed by atoms with Crippen molar-refractivity contribution in [2.45, 2.75) is 19.8 Å². The van der Waals surface area contributed by atoms with Gasteiger partial charge in [0, 0.05) is 17.3 Å². The summed E-state index contributed by atoms with van der Waals surface area (Å²) < 4.78 is 13.7. The first-order chi connectivity index (χ1) is 19.2. The van der Waals surface area contributed by atoms with E-state index in [9.17, 15) is 9.59 Å². The van der Waals surface area contributed by atoms with Crippen molar-refractivity contribution < 1.29 is 9.47 Å². The lowest BCUT2D eigenvalue weighted by molar-refractivity contribution is 0.354. The first kappa shape index (κ1) is 27.7. The van der Waals surface area contributed by atoms with E-state index in [2.05, 4.69) is 10.2 Å². The van der Waals surface area contributed by atoms with Crippen molar-refractivity contribution in [3.63, 3.8) is 0 Å². The molecule has 11 heteroatoms. The standard InChI is InChI=1S/C29H25Cl3N4O4/c1-15-24(28(37)35(33-15)21-11-7-5-9-18(21)30)26(17-13-20(32)27(40-4)23(14-17)39-3)25-16(2)34-36(29(25)38)22-12-8-6-10-19(22)31/h5-14,26,33-34H,1-4H3. The second-order valence-electron chi connectivity index (χ2n) is 9.16. The molecule has 0 unspecified atom stereocenters. The van der Waals surface area contributed by atoms with Gasteiger partial charge in [0.05, 0.1) is 51.8 Å². The third-order valence-electron chi connectivity index (χ3n) is 6.79. The summed E-state index contributed by atoms with van der Waals surface area (Å²) in [7, 11) is 2.98. The quantitative estimate of drug-likeness (QED) is 0.226. The summed E-state index contributed by atoms with van der Waals surface area (Å²) in [4.78, 5) is 28.2. The van der Waals surface area contributed by atoms with Crippen molar-refractivity contribution >= 4 is 34.8 Å². The van der Waals surface area contributed by atoms with Crippen LogP contribution in [-0.4, -0.2) is 33.8 Å². The monoisotopic (exact) mass is 598 g/mol. The van der Waals surface area contributed by atoms with E-state index in [0.29, 0.717) is 61.0 Å². The second-order valence-corrected chi connectivity index (χ2v) is 10.4. The summed E-state index contributed by atoms with van der Waals surface area (Å²) >= 11 is 19.5. The summed E-state index contributed by atoms with van der Waals surface area (Å²) in [6.45, 7) is 3.54. The van der Waals surface area contributed by atoms with Crippen LogP contribution in [0.5, 0.6) is 11.5 Å². The van der Waals surface area contributed by atoms with E-state index in [1.54, 1.807) is 74.5 Å². The van der Waals surface area contributed by atoms with Crippen molar-refractivity contribution in [3.05, 3.63) is 125 Å². The van der Waals surface area contributed by atoms with Crippen molar-refractivity contribution in [2.75, 3.05) is 14.2 Å². The Kier molecular flexibility index (Phi) is 7.59. The lowest BCUT2D eigenvalue weighted by Gasteiger charge is -2.19. The van der Waals surface area contributed by atoms with Crippen LogP contribution in [0.25, 0.3) is 11.4 Å². The Morgan fingerprint density at radius 1 is 0.700 bits per heavy atom. The maximum Gasteiger partial charge on any atom is 0.275 e. The zero-order valence-corrected chi connectivity index (χ0v) is 24.3. The Bertz CT molecular complexity index is 1750. The van der Waals surface area contributed by atoms with E-state index >= 15 is 0 Å². The van der Waals surface area contributed by atoms with Gasteiger partial charge in [-0.25, -0.2) is 9.36 Å². The molecule has 0 saturated heterocycles. The van der Waals surface area contributed by atoms with Gasteiger partial charge in [-0.3, -0.25) is 19.8 Å². The minimum absolute atomic E-state index is 0.265. The Balaban J connectivity index is 1.84. The fourth-order valence-electron chi connectivity index (χ4n) is 4.99. The van der Waals surface area contributed by atoms with Crippen LogP contribution in [0.1, 0.15) is 34.0 Å². The number of halogens is 3. The molecule has 0 spiro atoms. The average molecular weight is 600 g/mol. The molecule has 206 valence electrons. The highest BCUT2D eigenvalue weighted by atomic mass is 35.5. The number of benzene rings is 3. The van der Waals surface area contributed by atoms with Crippen LogP contribution in [0.2, 0.25) is 15.1 Å². The van der Waals surface area contributed by atoms with Gasteiger partial charge in [-0.05, 0) is 55.8 Å². The molecule has 5 aromatic rings. The van der Waals surface area contributed by atoms with E-state index in [4.69, 9.17) is 44.3 Å². The molecule has 2 aromatic heterocycles. The minimum atomic E-state index is -0.850. The summed E-state index contributed by atoms with van der Waals surface area (Å²) in [5.74, 6) is -0.156. The highest BCUT2D eigenvalue weighted by Crippen LogP contribution is 2.41. The highest BCUT2D eigenvalue weighted by Gasteiger charge is 2.32. The van der Waals surface area contributed by atoms with Crippen molar-refractivity contribution in [1.82, 2.24) is 19.6 Å². The minimum Gasteiger partial charge on any atom is -0.493 e. The fraction of sp³-hybridized carbons (Fsp3) is 0.172. The zero-order chi connectivity index (χ0) is 28.7. The molecular weight excluding hydrogens is 575 g/mol. The van der Waals surface area contributed by atoms with Crippen LogP contribution in [0.3, 0.4) is 0 Å². The number of aromatic nitrogens is 4. The molecule has 0 aliphatic rings. The van der Waals surface area contributed by atoms with Gasteiger partial charge in [0.25, 0.3) is 11.1 Å². The van der Waals surface area contributed by atoms with Gasteiger partial charge in [-0.2, -0.15) is 0 Å². The molecule has 2 N–H and O–H groups in total. The van der Waals surface area contributed by atoms with Crippen LogP contribution >= 0.6 is 34.8 Å². The SMILES string of the molecule is COc1cc(C(c2c(C)[nH]n(-c3ccccc3Cl)c2=O)c2c(C)[nH]n(-c3ccccc3Cl)c2=O)cc(Cl)c1OC. The molecule has 2 heterocycles. The third kappa shape index (κ3) is 4.62. The normalized spacial score (nSPS) is 11.3. The molecule has 0 fully saturated rings. The van der Waals surface area contributed by atoms with E-state index < -0.39 is 5.92 Å². The van der Waals surface area contributed by atoms with Crippen LogP contribution in [-0.2, 0) is 0 Å². The Morgan fingerprint density at radius 3 is 1.60 bits per heavy atom. The molecule has 5 rings (SSSR count). The number of nitrogens with zero attached hydrogens (tertiary/aromatic N) is 2. The maximum atomic E-state index is 14.1. The van der Waals surface area contributed by atoms with Crippen molar-refractivity contribution in [1.29, 1.82) is 0 Å². The zero-order valence-electron chi connectivity index (χ0n) is 22.0. The second kappa shape index (κ2) is 11.0. The van der Waals surface area contributed by atoms with Gasteiger partial charge in [0.1, 0.15) is 0 Å². The van der Waals surface area contributed by atoms with Gasteiger partial charge in [0.2, 0.25) is 0 Å². The molecule has 0 aliphatic carbocycles. The Hall–Kier alpha value is -3.85. The van der Waals surface area contributed by atoms with Crippen LogP contribution in [0.4, 0.5) is 0 Å². The average Bonchev–Trinajstić information content (AvgIpc) is 3.39. The first-order valence-electron chi connectivity index (χ1n) is 12.2. The number of nitrogens with one attached hydrogen (secondary N) is 2. The van der Waals surface area contributed by atoms with Gasteiger partial charge >= 0.3 is 0 Å².